The third kappa shape index (κ3) is 4.85. The van der Waals surface area contributed by atoms with Gasteiger partial charge in [0.15, 0.2) is 0 Å². The lowest BCUT2D eigenvalue weighted by Gasteiger charge is -2.25. The standard InChI is InChI=1S/C18H24ClN3O4.ClH/c1-26-16-5-4-12(19)7-13(16)18(25)22-6-2-3-14(22)17(24)21-9-11-8-20-10-15(11)23;/h4-5,7,11,14-15,20,23H,2-3,6,8-10H2,1H3,(H,21,24);1H. The molecule has 3 unspecified atom stereocenters. The Morgan fingerprint density at radius 2 is 2.19 bits per heavy atom. The second-order valence-corrected chi connectivity index (χ2v) is 7.17. The SMILES string of the molecule is COc1ccc(Cl)cc1C(=O)N1CCCC1C(=O)NCC1CNCC1O.Cl. The smallest absolute Gasteiger partial charge is 0.258 e. The Bertz CT molecular complexity index is 689. The maximum absolute atomic E-state index is 13.0. The summed E-state index contributed by atoms with van der Waals surface area (Å²) in [7, 11) is 1.50. The highest BCUT2D eigenvalue weighted by molar-refractivity contribution is 6.31. The van der Waals surface area contributed by atoms with Crippen molar-refractivity contribution < 1.29 is 19.4 Å². The van der Waals surface area contributed by atoms with Gasteiger partial charge in [-0.25, -0.2) is 0 Å². The number of β-amino-alcohol motifs (C(OH)–C–C–N with tert-alkyl or cyclic N) is 1. The summed E-state index contributed by atoms with van der Waals surface area (Å²) in [6, 6.07) is 4.36. The second kappa shape index (κ2) is 9.59. The molecule has 2 fully saturated rings. The van der Waals surface area contributed by atoms with Crippen molar-refractivity contribution in [3.05, 3.63) is 28.8 Å². The minimum atomic E-state index is -0.516. The lowest BCUT2D eigenvalue weighted by atomic mass is 10.1. The van der Waals surface area contributed by atoms with Gasteiger partial charge in [0.05, 0.1) is 18.8 Å². The van der Waals surface area contributed by atoms with Crippen LogP contribution in [0.15, 0.2) is 18.2 Å². The van der Waals surface area contributed by atoms with E-state index in [4.69, 9.17) is 16.3 Å². The number of likely N-dealkylation sites (tertiary alicyclic amines) is 1. The van der Waals surface area contributed by atoms with Crippen molar-refractivity contribution in [2.75, 3.05) is 33.3 Å². The van der Waals surface area contributed by atoms with E-state index in [0.717, 1.165) is 6.42 Å². The molecule has 27 heavy (non-hydrogen) atoms. The predicted octanol–water partition coefficient (Wildman–Crippen LogP) is 1.07. The summed E-state index contributed by atoms with van der Waals surface area (Å²) in [6.45, 7) is 2.13. The van der Waals surface area contributed by atoms with Gasteiger partial charge in [-0.1, -0.05) is 11.6 Å². The molecule has 1 aromatic carbocycles. The Balaban J connectivity index is 0.00000261. The summed E-state index contributed by atoms with van der Waals surface area (Å²) < 4.78 is 5.26. The summed E-state index contributed by atoms with van der Waals surface area (Å²) in [6.07, 6.45) is 0.930. The number of nitrogens with one attached hydrogen (secondary N) is 2. The number of hydrogen-bond acceptors (Lipinski definition) is 5. The number of nitrogens with zero attached hydrogens (tertiary/aromatic N) is 1. The van der Waals surface area contributed by atoms with Crippen LogP contribution in [0.3, 0.4) is 0 Å². The molecule has 0 aliphatic carbocycles. The molecule has 0 spiro atoms. The third-order valence-electron chi connectivity index (χ3n) is 5.05. The first-order valence-electron chi connectivity index (χ1n) is 8.82. The monoisotopic (exact) mass is 417 g/mol. The van der Waals surface area contributed by atoms with Crippen molar-refractivity contribution in [2.45, 2.75) is 25.0 Å². The van der Waals surface area contributed by atoms with Crippen molar-refractivity contribution in [3.63, 3.8) is 0 Å². The molecule has 0 bridgehead atoms. The Morgan fingerprint density at radius 3 is 2.85 bits per heavy atom. The largest absolute Gasteiger partial charge is 0.496 e. The van der Waals surface area contributed by atoms with Crippen LogP contribution in [0.4, 0.5) is 0 Å². The quantitative estimate of drug-likeness (QED) is 0.666. The Labute approximate surface area is 169 Å². The molecule has 3 atom stereocenters. The van der Waals surface area contributed by atoms with Gasteiger partial charge in [0.1, 0.15) is 11.8 Å². The van der Waals surface area contributed by atoms with Crippen LogP contribution in [0.2, 0.25) is 5.02 Å². The molecule has 2 aliphatic heterocycles. The van der Waals surface area contributed by atoms with Crippen LogP contribution in [-0.2, 0) is 4.79 Å². The first-order chi connectivity index (χ1) is 12.5. The van der Waals surface area contributed by atoms with Gasteiger partial charge in [0, 0.05) is 37.1 Å². The Hall–Kier alpha value is -1.54. The lowest BCUT2D eigenvalue weighted by Crippen LogP contribution is -2.47. The Morgan fingerprint density at radius 1 is 1.41 bits per heavy atom. The van der Waals surface area contributed by atoms with Crippen molar-refractivity contribution >= 4 is 35.8 Å². The first kappa shape index (κ1) is 21.8. The van der Waals surface area contributed by atoms with Crippen LogP contribution in [0, 0.1) is 5.92 Å². The molecule has 7 nitrogen and oxygen atoms in total. The van der Waals surface area contributed by atoms with E-state index in [1.807, 2.05) is 0 Å². The fraction of sp³-hybridized carbons (Fsp3) is 0.556. The zero-order valence-electron chi connectivity index (χ0n) is 15.1. The van der Waals surface area contributed by atoms with Crippen molar-refractivity contribution in [1.29, 1.82) is 0 Å². The fourth-order valence-electron chi connectivity index (χ4n) is 3.56. The maximum Gasteiger partial charge on any atom is 0.258 e. The molecular formula is C18H25Cl2N3O4. The molecule has 0 aromatic heterocycles. The zero-order valence-corrected chi connectivity index (χ0v) is 16.7. The number of aliphatic hydroxyl groups excluding tert-OH is 1. The molecule has 0 saturated carbocycles. The number of carbonyl (C=O) groups excluding carboxylic acids is 2. The van der Waals surface area contributed by atoms with Gasteiger partial charge >= 0.3 is 0 Å². The highest BCUT2D eigenvalue weighted by Gasteiger charge is 2.36. The molecule has 3 rings (SSSR count). The number of benzene rings is 1. The minimum absolute atomic E-state index is 0. The van der Waals surface area contributed by atoms with Gasteiger partial charge in [0.25, 0.3) is 5.91 Å². The molecule has 2 amide bonds. The normalized spacial score (nSPS) is 24.4. The molecule has 2 aliphatic rings. The number of ether oxygens (including phenoxy) is 1. The molecule has 1 aromatic rings. The maximum atomic E-state index is 13.0. The average molecular weight is 418 g/mol. The van der Waals surface area contributed by atoms with Gasteiger partial charge < -0.3 is 25.4 Å². The van der Waals surface area contributed by atoms with Crippen molar-refractivity contribution in [2.24, 2.45) is 5.92 Å². The first-order valence-corrected chi connectivity index (χ1v) is 9.20. The summed E-state index contributed by atoms with van der Waals surface area (Å²) in [5, 5.41) is 16.2. The molecule has 9 heteroatoms. The molecule has 150 valence electrons. The third-order valence-corrected chi connectivity index (χ3v) is 5.29. The summed E-state index contributed by atoms with van der Waals surface area (Å²) >= 11 is 6.02. The second-order valence-electron chi connectivity index (χ2n) is 6.73. The topological polar surface area (TPSA) is 90.9 Å². The number of halogens is 2. The highest BCUT2D eigenvalue weighted by atomic mass is 35.5. The van der Waals surface area contributed by atoms with E-state index < -0.39 is 12.1 Å². The van der Waals surface area contributed by atoms with E-state index in [1.165, 1.54) is 7.11 Å². The van der Waals surface area contributed by atoms with Gasteiger partial charge in [-0.2, -0.15) is 0 Å². The van der Waals surface area contributed by atoms with Crippen molar-refractivity contribution in [1.82, 2.24) is 15.5 Å². The number of aliphatic hydroxyl groups is 1. The number of carbonyl (C=O) groups is 2. The molecule has 2 heterocycles. The fourth-order valence-corrected chi connectivity index (χ4v) is 3.73. The number of methoxy groups -OCH3 is 1. The number of rotatable bonds is 5. The van der Waals surface area contributed by atoms with Crippen LogP contribution >= 0.6 is 24.0 Å². The van der Waals surface area contributed by atoms with E-state index in [9.17, 15) is 14.7 Å². The predicted molar refractivity (Wildman–Crippen MR) is 105 cm³/mol. The van der Waals surface area contributed by atoms with Gasteiger partial charge in [-0.3, -0.25) is 9.59 Å². The summed E-state index contributed by atoms with van der Waals surface area (Å²) in [5.41, 5.74) is 0.357. The van der Waals surface area contributed by atoms with Crippen LogP contribution in [0.25, 0.3) is 0 Å². The highest BCUT2D eigenvalue weighted by Crippen LogP contribution is 2.27. The van der Waals surface area contributed by atoms with E-state index in [-0.39, 0.29) is 30.1 Å². The van der Waals surface area contributed by atoms with Crippen LogP contribution in [-0.4, -0.2) is 67.3 Å². The zero-order chi connectivity index (χ0) is 18.7. The van der Waals surface area contributed by atoms with Gasteiger partial charge in [-0.05, 0) is 31.0 Å². The van der Waals surface area contributed by atoms with Gasteiger partial charge in [-0.15, -0.1) is 12.4 Å². The van der Waals surface area contributed by atoms with Crippen LogP contribution in [0.1, 0.15) is 23.2 Å². The van der Waals surface area contributed by atoms with Crippen LogP contribution < -0.4 is 15.4 Å². The Kier molecular flexibility index (Phi) is 7.73. The average Bonchev–Trinajstić information content (AvgIpc) is 3.28. The minimum Gasteiger partial charge on any atom is -0.496 e. The van der Waals surface area contributed by atoms with E-state index in [2.05, 4.69) is 10.6 Å². The molecule has 2 saturated heterocycles. The summed E-state index contributed by atoms with van der Waals surface area (Å²) in [4.78, 5) is 27.2. The molecular weight excluding hydrogens is 393 g/mol. The van der Waals surface area contributed by atoms with E-state index in [0.29, 0.717) is 48.9 Å². The number of hydrogen-bond donors (Lipinski definition) is 3. The van der Waals surface area contributed by atoms with E-state index >= 15 is 0 Å². The lowest BCUT2D eigenvalue weighted by molar-refractivity contribution is -0.125. The number of amides is 2. The van der Waals surface area contributed by atoms with Crippen molar-refractivity contribution in [3.8, 4) is 5.75 Å². The van der Waals surface area contributed by atoms with Gasteiger partial charge in [0.2, 0.25) is 5.91 Å². The van der Waals surface area contributed by atoms with E-state index in [1.54, 1.807) is 23.1 Å². The molecule has 0 radical (unpaired) electrons. The molecule has 3 N–H and O–H groups in total. The summed E-state index contributed by atoms with van der Waals surface area (Å²) in [5.74, 6) is -0.0105. The van der Waals surface area contributed by atoms with Crippen LogP contribution in [0.5, 0.6) is 5.75 Å².